The van der Waals surface area contributed by atoms with E-state index < -0.39 is 9.83 Å². The van der Waals surface area contributed by atoms with E-state index in [-0.39, 0.29) is 5.75 Å². The number of benzene rings is 1. The lowest BCUT2D eigenvalue weighted by Crippen LogP contribution is -2.29. The summed E-state index contributed by atoms with van der Waals surface area (Å²) in [6, 6.07) is 6.21. The third kappa shape index (κ3) is 2.67. The summed E-state index contributed by atoms with van der Waals surface area (Å²) in [5.74, 6) is 0.109. The third-order valence-corrected chi connectivity index (χ3v) is 2.52. The number of nitrogens with one attached hydrogen (secondary N) is 1. The number of hydrogen-bond donors (Lipinski definition) is 2. The summed E-state index contributed by atoms with van der Waals surface area (Å²) >= 11 is 17.3. The molecular weight excluding hydrogens is 244 g/mol. The van der Waals surface area contributed by atoms with Crippen molar-refractivity contribution in [2.45, 2.75) is 9.83 Å². The van der Waals surface area contributed by atoms with E-state index in [1.54, 1.807) is 31.3 Å². The molecule has 0 bridgehead atoms. The highest BCUT2D eigenvalue weighted by atomic mass is 35.6. The van der Waals surface area contributed by atoms with Crippen LogP contribution in [0.2, 0.25) is 0 Å². The maximum atomic E-state index is 9.56. The fraction of sp³-hybridized carbons (Fsp3) is 0.333. The summed E-state index contributed by atoms with van der Waals surface area (Å²) in [6.45, 7) is 0. The predicted octanol–water partition coefficient (Wildman–Crippen LogP) is 3.02. The first-order valence-electron chi connectivity index (χ1n) is 3.98. The normalized spacial score (nSPS) is 14.0. The van der Waals surface area contributed by atoms with E-state index in [0.29, 0.717) is 5.56 Å². The quantitative estimate of drug-likeness (QED) is 0.795. The Kier molecular flexibility index (Phi) is 3.90. The number of para-hydroxylation sites is 1. The Morgan fingerprint density at radius 3 is 2.29 bits per heavy atom. The molecule has 0 aliphatic rings. The molecule has 1 atom stereocenters. The minimum atomic E-state index is -1.49. The minimum absolute atomic E-state index is 0.109. The Labute approximate surface area is 97.8 Å². The van der Waals surface area contributed by atoms with Crippen LogP contribution in [-0.2, 0) is 0 Å². The van der Waals surface area contributed by atoms with Gasteiger partial charge in [0.05, 0.1) is 6.04 Å². The van der Waals surface area contributed by atoms with E-state index in [1.165, 1.54) is 0 Å². The van der Waals surface area contributed by atoms with Crippen molar-refractivity contribution in [3.8, 4) is 5.75 Å². The van der Waals surface area contributed by atoms with Crippen molar-refractivity contribution in [2.24, 2.45) is 0 Å². The number of phenols is 1. The largest absolute Gasteiger partial charge is 0.508 e. The summed E-state index contributed by atoms with van der Waals surface area (Å²) in [5.41, 5.74) is 0.565. The predicted molar refractivity (Wildman–Crippen MR) is 60.2 cm³/mol. The summed E-state index contributed by atoms with van der Waals surface area (Å²) in [7, 11) is 1.67. The van der Waals surface area contributed by atoms with Gasteiger partial charge < -0.3 is 10.4 Å². The lowest BCUT2D eigenvalue weighted by molar-refractivity contribution is 0.454. The monoisotopic (exact) mass is 253 g/mol. The summed E-state index contributed by atoms with van der Waals surface area (Å²) in [6.07, 6.45) is 0. The van der Waals surface area contributed by atoms with Crippen molar-refractivity contribution >= 4 is 34.8 Å². The molecule has 0 aliphatic carbocycles. The van der Waals surface area contributed by atoms with Gasteiger partial charge >= 0.3 is 0 Å². The highest BCUT2D eigenvalue weighted by Gasteiger charge is 2.33. The highest BCUT2D eigenvalue weighted by molar-refractivity contribution is 6.68. The molecule has 0 amide bonds. The van der Waals surface area contributed by atoms with Crippen molar-refractivity contribution in [1.82, 2.24) is 5.32 Å². The Bertz CT molecular complexity index is 311. The van der Waals surface area contributed by atoms with Gasteiger partial charge in [0.15, 0.2) is 0 Å². The van der Waals surface area contributed by atoms with Crippen LogP contribution in [0.4, 0.5) is 0 Å². The van der Waals surface area contributed by atoms with E-state index >= 15 is 0 Å². The van der Waals surface area contributed by atoms with Gasteiger partial charge in [-0.2, -0.15) is 0 Å². The number of phenolic OH excluding ortho intramolecular Hbond substituents is 1. The van der Waals surface area contributed by atoms with Gasteiger partial charge in [-0.05, 0) is 13.1 Å². The average Bonchev–Trinajstić information content (AvgIpc) is 2.07. The zero-order valence-electron chi connectivity index (χ0n) is 7.47. The van der Waals surface area contributed by atoms with Gasteiger partial charge in [-0.15, -0.1) is 0 Å². The molecule has 0 spiro atoms. The number of alkyl halides is 3. The average molecular weight is 255 g/mol. The maximum Gasteiger partial charge on any atom is 0.209 e. The highest BCUT2D eigenvalue weighted by Crippen LogP contribution is 2.41. The minimum Gasteiger partial charge on any atom is -0.508 e. The van der Waals surface area contributed by atoms with Crippen molar-refractivity contribution in [2.75, 3.05) is 7.05 Å². The second-order valence-electron chi connectivity index (χ2n) is 2.82. The molecule has 1 aromatic rings. The Morgan fingerprint density at radius 2 is 1.86 bits per heavy atom. The van der Waals surface area contributed by atoms with Gasteiger partial charge in [0.2, 0.25) is 3.79 Å². The van der Waals surface area contributed by atoms with Crippen LogP contribution in [-0.4, -0.2) is 15.9 Å². The molecule has 0 fully saturated rings. The summed E-state index contributed by atoms with van der Waals surface area (Å²) < 4.78 is -1.49. The molecule has 0 saturated carbocycles. The zero-order chi connectivity index (χ0) is 10.8. The molecule has 78 valence electrons. The standard InChI is InChI=1S/C9H10Cl3NO/c1-13-8(9(10,11)12)6-4-2-3-5-7(6)14/h2-5,8,13-14H,1H3. The molecule has 0 heterocycles. The number of rotatable bonds is 2. The van der Waals surface area contributed by atoms with E-state index in [0.717, 1.165) is 0 Å². The molecule has 14 heavy (non-hydrogen) atoms. The molecule has 0 radical (unpaired) electrons. The first-order chi connectivity index (χ1) is 6.46. The molecule has 1 rings (SSSR count). The van der Waals surface area contributed by atoms with Gasteiger partial charge in [-0.25, -0.2) is 0 Å². The second-order valence-corrected chi connectivity index (χ2v) is 5.19. The van der Waals surface area contributed by atoms with Crippen LogP contribution in [0.1, 0.15) is 11.6 Å². The van der Waals surface area contributed by atoms with Gasteiger partial charge in [-0.1, -0.05) is 53.0 Å². The van der Waals surface area contributed by atoms with Crippen LogP contribution in [0.25, 0.3) is 0 Å². The molecule has 2 N–H and O–H groups in total. The summed E-state index contributed by atoms with van der Waals surface area (Å²) in [4.78, 5) is 0. The van der Waals surface area contributed by atoms with Crippen molar-refractivity contribution in [1.29, 1.82) is 0 Å². The van der Waals surface area contributed by atoms with Crippen LogP contribution in [0.5, 0.6) is 5.75 Å². The smallest absolute Gasteiger partial charge is 0.209 e. The van der Waals surface area contributed by atoms with Crippen molar-refractivity contribution in [3.05, 3.63) is 29.8 Å². The Hall–Kier alpha value is -0.150. The van der Waals surface area contributed by atoms with Crippen LogP contribution < -0.4 is 5.32 Å². The molecule has 1 aromatic carbocycles. The third-order valence-electron chi connectivity index (χ3n) is 1.86. The van der Waals surface area contributed by atoms with Crippen LogP contribution in [0.15, 0.2) is 24.3 Å². The number of hydrogen-bond acceptors (Lipinski definition) is 2. The topological polar surface area (TPSA) is 32.3 Å². The molecule has 0 aliphatic heterocycles. The number of aromatic hydroxyl groups is 1. The van der Waals surface area contributed by atoms with E-state index in [2.05, 4.69) is 5.32 Å². The fourth-order valence-electron chi connectivity index (χ4n) is 1.23. The Morgan fingerprint density at radius 1 is 1.29 bits per heavy atom. The van der Waals surface area contributed by atoms with E-state index in [1.807, 2.05) is 0 Å². The Balaban J connectivity index is 3.08. The molecule has 0 saturated heterocycles. The van der Waals surface area contributed by atoms with Gasteiger partial charge in [0.25, 0.3) is 0 Å². The van der Waals surface area contributed by atoms with Crippen molar-refractivity contribution in [3.63, 3.8) is 0 Å². The second kappa shape index (κ2) is 4.58. The molecule has 1 unspecified atom stereocenters. The molecular formula is C9H10Cl3NO. The maximum absolute atomic E-state index is 9.56. The van der Waals surface area contributed by atoms with Crippen molar-refractivity contribution < 1.29 is 5.11 Å². The van der Waals surface area contributed by atoms with Crippen LogP contribution in [0, 0.1) is 0 Å². The van der Waals surface area contributed by atoms with Crippen LogP contribution in [0.3, 0.4) is 0 Å². The first-order valence-corrected chi connectivity index (χ1v) is 5.12. The van der Waals surface area contributed by atoms with Gasteiger partial charge in [0.1, 0.15) is 5.75 Å². The lowest BCUT2D eigenvalue weighted by Gasteiger charge is -2.24. The fourth-order valence-corrected chi connectivity index (χ4v) is 1.91. The number of halogens is 3. The lowest BCUT2D eigenvalue weighted by atomic mass is 10.1. The molecule has 0 aromatic heterocycles. The SMILES string of the molecule is CNC(c1ccccc1O)C(Cl)(Cl)Cl. The van der Waals surface area contributed by atoms with Crippen LogP contribution >= 0.6 is 34.8 Å². The molecule has 2 nitrogen and oxygen atoms in total. The van der Waals surface area contributed by atoms with E-state index in [4.69, 9.17) is 34.8 Å². The molecule has 5 heteroatoms. The zero-order valence-corrected chi connectivity index (χ0v) is 9.74. The van der Waals surface area contributed by atoms with Gasteiger partial charge in [-0.3, -0.25) is 0 Å². The van der Waals surface area contributed by atoms with E-state index in [9.17, 15) is 5.11 Å². The van der Waals surface area contributed by atoms with Gasteiger partial charge in [0, 0.05) is 5.56 Å². The first kappa shape index (κ1) is 11.9. The summed E-state index contributed by atoms with van der Waals surface area (Å²) in [5, 5.41) is 12.4.